The molecule has 118 valence electrons. The molecule has 0 spiro atoms. The molecule has 1 heterocycles. The summed E-state index contributed by atoms with van der Waals surface area (Å²) >= 11 is 0. The highest BCUT2D eigenvalue weighted by atomic mass is 16.3. The number of carbonyl (C=O) groups excluding carboxylic acids is 1. The lowest BCUT2D eigenvalue weighted by atomic mass is 9.85. The van der Waals surface area contributed by atoms with Gasteiger partial charge in [-0.1, -0.05) is 40.0 Å². The van der Waals surface area contributed by atoms with Crippen molar-refractivity contribution in [3.63, 3.8) is 0 Å². The Kier molecular flexibility index (Phi) is 4.42. The highest BCUT2D eigenvalue weighted by molar-refractivity contribution is 5.92. The normalized spacial score (nSPS) is 18.5. The lowest BCUT2D eigenvalue weighted by Gasteiger charge is -2.32. The van der Waals surface area contributed by atoms with E-state index in [9.17, 15) is 9.90 Å². The largest absolute Gasteiger partial charge is 0.388 e. The minimum absolute atomic E-state index is 0.0855. The number of hydrogen-bond acceptors (Lipinski definition) is 3. The van der Waals surface area contributed by atoms with Gasteiger partial charge < -0.3 is 10.4 Å². The van der Waals surface area contributed by atoms with Gasteiger partial charge in [0.2, 0.25) is 0 Å². The lowest BCUT2D eigenvalue weighted by molar-refractivity contribution is 0.00517. The highest BCUT2D eigenvalue weighted by Crippen LogP contribution is 2.27. The van der Waals surface area contributed by atoms with Crippen LogP contribution in [-0.4, -0.2) is 32.9 Å². The van der Waals surface area contributed by atoms with Crippen LogP contribution in [0.5, 0.6) is 0 Å². The van der Waals surface area contributed by atoms with Crippen LogP contribution in [0.15, 0.2) is 6.07 Å². The molecule has 0 unspecified atom stereocenters. The molecule has 1 amide bonds. The van der Waals surface area contributed by atoms with Crippen LogP contribution in [0.1, 0.15) is 69.1 Å². The van der Waals surface area contributed by atoms with Crippen molar-refractivity contribution in [2.75, 3.05) is 6.54 Å². The van der Waals surface area contributed by atoms with Crippen LogP contribution in [0.25, 0.3) is 0 Å². The van der Waals surface area contributed by atoms with E-state index in [1.807, 2.05) is 6.07 Å². The molecule has 1 saturated carbocycles. The number of hydrogen-bond donors (Lipinski definition) is 2. The van der Waals surface area contributed by atoms with Gasteiger partial charge in [-0.05, 0) is 18.9 Å². The van der Waals surface area contributed by atoms with Crippen molar-refractivity contribution in [1.29, 1.82) is 0 Å². The molecule has 0 radical (unpaired) electrons. The predicted molar refractivity (Wildman–Crippen MR) is 82.3 cm³/mol. The van der Waals surface area contributed by atoms with E-state index in [1.54, 1.807) is 11.7 Å². The Hall–Kier alpha value is -1.36. The quantitative estimate of drug-likeness (QED) is 0.897. The monoisotopic (exact) mass is 293 g/mol. The smallest absolute Gasteiger partial charge is 0.269 e. The summed E-state index contributed by atoms with van der Waals surface area (Å²) in [5, 5.41) is 17.7. The minimum Gasteiger partial charge on any atom is -0.388 e. The van der Waals surface area contributed by atoms with Crippen molar-refractivity contribution >= 4 is 5.91 Å². The van der Waals surface area contributed by atoms with Crippen molar-refractivity contribution in [3.05, 3.63) is 17.5 Å². The molecule has 0 bridgehead atoms. The first-order valence-electron chi connectivity index (χ1n) is 7.76. The number of nitrogens with one attached hydrogen (secondary N) is 1. The Bertz CT molecular complexity index is 508. The molecule has 2 rings (SSSR count). The SMILES string of the molecule is Cn1nc(C(C)(C)C)cc1C(=O)NCC1(O)CCCCC1. The zero-order valence-corrected chi connectivity index (χ0v) is 13.6. The summed E-state index contributed by atoms with van der Waals surface area (Å²) in [7, 11) is 1.78. The zero-order chi connectivity index (χ0) is 15.7. The summed E-state index contributed by atoms with van der Waals surface area (Å²) in [5.74, 6) is -0.167. The fraction of sp³-hybridized carbons (Fsp3) is 0.750. The van der Waals surface area contributed by atoms with Gasteiger partial charge in [-0.25, -0.2) is 0 Å². The maximum atomic E-state index is 12.3. The Morgan fingerprint density at radius 3 is 2.52 bits per heavy atom. The van der Waals surface area contributed by atoms with Gasteiger partial charge in [0, 0.05) is 19.0 Å². The van der Waals surface area contributed by atoms with E-state index in [4.69, 9.17) is 0 Å². The number of amides is 1. The van der Waals surface area contributed by atoms with Crippen LogP contribution in [-0.2, 0) is 12.5 Å². The van der Waals surface area contributed by atoms with Crippen LogP contribution < -0.4 is 5.32 Å². The Balaban J connectivity index is 2.02. The Labute approximate surface area is 126 Å². The molecule has 0 atom stereocenters. The molecular weight excluding hydrogens is 266 g/mol. The van der Waals surface area contributed by atoms with Crippen molar-refractivity contribution in [2.45, 2.75) is 63.9 Å². The maximum absolute atomic E-state index is 12.3. The highest BCUT2D eigenvalue weighted by Gasteiger charge is 2.30. The molecule has 1 aliphatic carbocycles. The molecule has 5 heteroatoms. The van der Waals surface area contributed by atoms with Gasteiger partial charge in [0.25, 0.3) is 5.91 Å². The number of aromatic nitrogens is 2. The van der Waals surface area contributed by atoms with E-state index in [1.165, 1.54) is 6.42 Å². The first-order valence-corrected chi connectivity index (χ1v) is 7.76. The molecule has 1 fully saturated rings. The van der Waals surface area contributed by atoms with Crippen LogP contribution in [0.3, 0.4) is 0 Å². The summed E-state index contributed by atoms with van der Waals surface area (Å²) in [4.78, 5) is 12.3. The maximum Gasteiger partial charge on any atom is 0.269 e. The number of aryl methyl sites for hydroxylation is 1. The summed E-state index contributed by atoms with van der Waals surface area (Å²) in [6, 6.07) is 1.83. The van der Waals surface area contributed by atoms with Crippen LogP contribution in [0.4, 0.5) is 0 Å². The molecule has 21 heavy (non-hydrogen) atoms. The van der Waals surface area contributed by atoms with Gasteiger partial charge in [0.1, 0.15) is 5.69 Å². The van der Waals surface area contributed by atoms with Gasteiger partial charge in [0.05, 0.1) is 11.3 Å². The van der Waals surface area contributed by atoms with Crippen LogP contribution in [0, 0.1) is 0 Å². The summed E-state index contributed by atoms with van der Waals surface area (Å²) in [5.41, 5.74) is 0.614. The molecule has 0 aliphatic heterocycles. The van der Waals surface area contributed by atoms with Crippen LogP contribution >= 0.6 is 0 Å². The van der Waals surface area contributed by atoms with Crippen molar-refractivity contribution in [2.24, 2.45) is 7.05 Å². The van der Waals surface area contributed by atoms with Gasteiger partial charge in [-0.15, -0.1) is 0 Å². The Morgan fingerprint density at radius 2 is 2.00 bits per heavy atom. The van der Waals surface area contributed by atoms with Crippen molar-refractivity contribution < 1.29 is 9.90 Å². The van der Waals surface area contributed by atoms with Gasteiger partial charge >= 0.3 is 0 Å². The third-order valence-electron chi connectivity index (χ3n) is 4.24. The van der Waals surface area contributed by atoms with E-state index < -0.39 is 5.60 Å². The second-order valence-electron chi connectivity index (χ2n) is 7.26. The van der Waals surface area contributed by atoms with Gasteiger partial charge in [-0.3, -0.25) is 9.48 Å². The summed E-state index contributed by atoms with van der Waals surface area (Å²) < 4.78 is 1.61. The zero-order valence-electron chi connectivity index (χ0n) is 13.6. The number of rotatable bonds is 3. The molecule has 1 aromatic heterocycles. The van der Waals surface area contributed by atoms with E-state index in [-0.39, 0.29) is 11.3 Å². The molecule has 1 aromatic rings. The summed E-state index contributed by atoms with van der Waals surface area (Å²) in [6.07, 6.45) is 4.78. The second kappa shape index (κ2) is 5.79. The van der Waals surface area contributed by atoms with Gasteiger partial charge in [-0.2, -0.15) is 5.10 Å². The van der Waals surface area contributed by atoms with Crippen LogP contribution in [0.2, 0.25) is 0 Å². The molecule has 1 aliphatic rings. The number of carbonyl (C=O) groups is 1. The second-order valence-corrected chi connectivity index (χ2v) is 7.26. The van der Waals surface area contributed by atoms with E-state index in [2.05, 4.69) is 31.2 Å². The standard InChI is InChI=1S/C16H27N3O2/c1-15(2,3)13-10-12(19(4)18-13)14(20)17-11-16(21)8-6-5-7-9-16/h10,21H,5-9,11H2,1-4H3,(H,17,20). The fourth-order valence-electron chi connectivity index (χ4n) is 2.77. The molecule has 5 nitrogen and oxygen atoms in total. The van der Waals surface area contributed by atoms with Crippen molar-refractivity contribution in [1.82, 2.24) is 15.1 Å². The van der Waals surface area contributed by atoms with E-state index in [0.717, 1.165) is 31.4 Å². The number of aliphatic hydroxyl groups is 1. The van der Waals surface area contributed by atoms with E-state index in [0.29, 0.717) is 12.2 Å². The van der Waals surface area contributed by atoms with E-state index >= 15 is 0 Å². The third kappa shape index (κ3) is 3.84. The first-order chi connectivity index (χ1) is 9.71. The average molecular weight is 293 g/mol. The topological polar surface area (TPSA) is 67.2 Å². The Morgan fingerprint density at radius 1 is 1.38 bits per heavy atom. The average Bonchev–Trinajstić information content (AvgIpc) is 2.79. The number of nitrogens with zero attached hydrogens (tertiary/aromatic N) is 2. The minimum atomic E-state index is -0.737. The molecule has 0 saturated heterocycles. The first kappa shape index (κ1) is 16.0. The summed E-state index contributed by atoms with van der Waals surface area (Å²) in [6.45, 7) is 6.53. The molecular formula is C16H27N3O2. The van der Waals surface area contributed by atoms with Crippen molar-refractivity contribution in [3.8, 4) is 0 Å². The van der Waals surface area contributed by atoms with Gasteiger partial charge in [0.15, 0.2) is 0 Å². The molecule has 0 aromatic carbocycles. The third-order valence-corrected chi connectivity index (χ3v) is 4.24. The fourth-order valence-corrected chi connectivity index (χ4v) is 2.77. The predicted octanol–water partition coefficient (Wildman–Crippen LogP) is 2.14. The molecule has 2 N–H and O–H groups in total. The lowest BCUT2D eigenvalue weighted by Crippen LogP contribution is -2.44.